The summed E-state index contributed by atoms with van der Waals surface area (Å²) in [5.41, 5.74) is 0.773. The fourth-order valence-corrected chi connectivity index (χ4v) is 5.21. The highest BCUT2D eigenvalue weighted by molar-refractivity contribution is 6.01. The summed E-state index contributed by atoms with van der Waals surface area (Å²) >= 11 is 0. The Bertz CT molecular complexity index is 1460. The van der Waals surface area contributed by atoms with Crippen LogP contribution in [0.15, 0.2) is 30.5 Å². The second kappa shape index (κ2) is 7.73. The molecule has 2 fully saturated rings. The van der Waals surface area contributed by atoms with Crippen molar-refractivity contribution in [2.75, 3.05) is 25.2 Å². The predicted octanol–water partition coefficient (Wildman–Crippen LogP) is 4.38. The standard InChI is InChI=1S/C25H22F2N4O3/c1-3-16-19(26)5-4-12-6-14(32)8-17(20(12)16)22-21(27)23-18(9-28-22)24(30-25(29-23)33-2)31-10-15-7-13(31)11-34-15/h4-6,8-9,13,15,32H,3,7,10-11H2,1-2H3/t13-,15-/m0/s1. The molecule has 0 spiro atoms. The summed E-state index contributed by atoms with van der Waals surface area (Å²) in [4.78, 5) is 15.3. The Balaban J connectivity index is 1.61. The van der Waals surface area contributed by atoms with E-state index in [1.807, 2.05) is 6.92 Å². The van der Waals surface area contributed by atoms with Gasteiger partial charge in [0.05, 0.1) is 31.2 Å². The summed E-state index contributed by atoms with van der Waals surface area (Å²) < 4.78 is 41.7. The molecule has 9 heteroatoms. The first-order valence-corrected chi connectivity index (χ1v) is 11.2. The lowest BCUT2D eigenvalue weighted by molar-refractivity contribution is 0.0989. The van der Waals surface area contributed by atoms with Gasteiger partial charge in [0.2, 0.25) is 0 Å². The van der Waals surface area contributed by atoms with Gasteiger partial charge >= 0.3 is 6.01 Å². The van der Waals surface area contributed by atoms with Crippen LogP contribution in [0.1, 0.15) is 18.9 Å². The molecule has 0 saturated carbocycles. The average Bonchev–Trinajstić information content (AvgIpc) is 3.47. The number of halogens is 2. The van der Waals surface area contributed by atoms with Gasteiger partial charge in [0.25, 0.3) is 0 Å². The second-order valence-electron chi connectivity index (χ2n) is 8.69. The summed E-state index contributed by atoms with van der Waals surface area (Å²) in [6.45, 7) is 3.07. The zero-order valence-electron chi connectivity index (χ0n) is 18.7. The number of aryl methyl sites for hydroxylation is 1. The molecule has 0 amide bonds. The fraction of sp³-hybridized carbons (Fsp3) is 0.320. The van der Waals surface area contributed by atoms with Gasteiger partial charge in [-0.15, -0.1) is 0 Å². The number of aromatic nitrogens is 3. The van der Waals surface area contributed by atoms with Crippen molar-refractivity contribution >= 4 is 27.5 Å². The molecule has 2 aliphatic heterocycles. The van der Waals surface area contributed by atoms with E-state index < -0.39 is 5.82 Å². The molecule has 174 valence electrons. The quantitative estimate of drug-likeness (QED) is 0.480. The summed E-state index contributed by atoms with van der Waals surface area (Å²) in [5, 5.41) is 11.9. The molecule has 6 rings (SSSR count). The van der Waals surface area contributed by atoms with Crippen LogP contribution in [0.3, 0.4) is 0 Å². The first-order chi connectivity index (χ1) is 16.5. The lowest BCUT2D eigenvalue weighted by Crippen LogP contribution is -2.37. The zero-order valence-corrected chi connectivity index (χ0v) is 18.7. The third-order valence-corrected chi connectivity index (χ3v) is 6.76. The van der Waals surface area contributed by atoms with Crippen molar-refractivity contribution < 1.29 is 23.4 Å². The number of aromatic hydroxyl groups is 1. The number of anilines is 1. The SMILES string of the molecule is CCc1c(F)ccc2cc(O)cc(-c3ncc4c(N5C[C@@H]6C[C@H]5CO6)nc(OC)nc4c3F)c12. The van der Waals surface area contributed by atoms with Gasteiger partial charge in [-0.25, -0.2) is 8.78 Å². The maximum Gasteiger partial charge on any atom is 0.318 e. The number of rotatable bonds is 4. The molecular weight excluding hydrogens is 442 g/mol. The summed E-state index contributed by atoms with van der Waals surface area (Å²) in [5.74, 6) is -0.581. The molecule has 1 N–H and O–H groups in total. The van der Waals surface area contributed by atoms with Crippen LogP contribution in [-0.2, 0) is 11.2 Å². The topological polar surface area (TPSA) is 80.6 Å². The molecule has 4 heterocycles. The van der Waals surface area contributed by atoms with Gasteiger partial charge in [0.1, 0.15) is 28.6 Å². The second-order valence-corrected chi connectivity index (χ2v) is 8.69. The van der Waals surface area contributed by atoms with Gasteiger partial charge in [-0.3, -0.25) is 4.98 Å². The molecule has 2 bridgehead atoms. The monoisotopic (exact) mass is 464 g/mol. The Hall–Kier alpha value is -3.59. The molecule has 2 aromatic carbocycles. The van der Waals surface area contributed by atoms with E-state index in [1.165, 1.54) is 31.5 Å². The lowest BCUT2D eigenvalue weighted by Gasteiger charge is -2.28. The number of methoxy groups -OCH3 is 1. The fourth-order valence-electron chi connectivity index (χ4n) is 5.21. The number of nitrogens with zero attached hydrogens (tertiary/aromatic N) is 4. The number of hydrogen-bond donors (Lipinski definition) is 1. The Morgan fingerprint density at radius 2 is 2.09 bits per heavy atom. The normalized spacial score (nSPS) is 19.5. The number of pyridine rings is 1. The van der Waals surface area contributed by atoms with E-state index in [0.29, 0.717) is 52.7 Å². The van der Waals surface area contributed by atoms with Crippen LogP contribution in [0.4, 0.5) is 14.6 Å². The lowest BCUT2D eigenvalue weighted by atomic mass is 9.94. The first kappa shape index (κ1) is 21.0. The number of fused-ring (bicyclic) bond motifs is 4. The summed E-state index contributed by atoms with van der Waals surface area (Å²) in [6.07, 6.45) is 2.95. The van der Waals surface area contributed by atoms with E-state index in [-0.39, 0.29) is 40.9 Å². The van der Waals surface area contributed by atoms with Crippen LogP contribution < -0.4 is 9.64 Å². The van der Waals surface area contributed by atoms with Gasteiger partial charge in [0.15, 0.2) is 5.82 Å². The van der Waals surface area contributed by atoms with E-state index in [2.05, 4.69) is 19.9 Å². The van der Waals surface area contributed by atoms with Gasteiger partial charge in [-0.1, -0.05) is 13.0 Å². The molecule has 7 nitrogen and oxygen atoms in total. The molecule has 2 saturated heterocycles. The van der Waals surface area contributed by atoms with Crippen molar-refractivity contribution in [1.29, 1.82) is 0 Å². The van der Waals surface area contributed by atoms with E-state index in [9.17, 15) is 9.50 Å². The van der Waals surface area contributed by atoms with Crippen LogP contribution >= 0.6 is 0 Å². The number of phenols is 1. The summed E-state index contributed by atoms with van der Waals surface area (Å²) in [6, 6.07) is 6.06. The van der Waals surface area contributed by atoms with Crippen LogP contribution in [0.25, 0.3) is 32.9 Å². The zero-order chi connectivity index (χ0) is 23.6. The third kappa shape index (κ3) is 3.07. The predicted molar refractivity (Wildman–Crippen MR) is 123 cm³/mol. The van der Waals surface area contributed by atoms with Crippen molar-refractivity contribution in [3.63, 3.8) is 0 Å². The van der Waals surface area contributed by atoms with Crippen LogP contribution in [0.5, 0.6) is 11.8 Å². The van der Waals surface area contributed by atoms with Crippen LogP contribution in [0, 0.1) is 11.6 Å². The smallest absolute Gasteiger partial charge is 0.318 e. The molecule has 0 radical (unpaired) electrons. The molecule has 2 aliphatic rings. The highest BCUT2D eigenvalue weighted by Crippen LogP contribution is 2.40. The third-order valence-electron chi connectivity index (χ3n) is 6.76. The van der Waals surface area contributed by atoms with Gasteiger partial charge in [0, 0.05) is 18.3 Å². The van der Waals surface area contributed by atoms with E-state index in [0.717, 1.165) is 6.42 Å². The van der Waals surface area contributed by atoms with E-state index in [4.69, 9.17) is 9.47 Å². The number of morpholine rings is 1. The van der Waals surface area contributed by atoms with Gasteiger partial charge in [-0.05, 0) is 47.4 Å². The molecular formula is C25H22F2N4O3. The molecule has 0 aliphatic carbocycles. The van der Waals surface area contributed by atoms with Crippen molar-refractivity contribution in [1.82, 2.24) is 15.0 Å². The Morgan fingerprint density at radius 1 is 1.24 bits per heavy atom. The number of benzene rings is 2. The van der Waals surface area contributed by atoms with Crippen molar-refractivity contribution in [3.05, 3.63) is 47.7 Å². The highest BCUT2D eigenvalue weighted by atomic mass is 19.1. The Labute approximate surface area is 194 Å². The van der Waals surface area contributed by atoms with Crippen molar-refractivity contribution in [2.24, 2.45) is 0 Å². The first-order valence-electron chi connectivity index (χ1n) is 11.2. The number of hydrogen-bond acceptors (Lipinski definition) is 7. The minimum atomic E-state index is -0.682. The maximum atomic E-state index is 16.1. The summed E-state index contributed by atoms with van der Waals surface area (Å²) in [7, 11) is 1.43. The number of phenolic OH excluding ortho intramolecular Hbond substituents is 1. The van der Waals surface area contributed by atoms with Crippen molar-refractivity contribution in [3.8, 4) is 23.0 Å². The van der Waals surface area contributed by atoms with Gasteiger partial charge < -0.3 is 19.5 Å². The maximum absolute atomic E-state index is 16.1. The molecule has 34 heavy (non-hydrogen) atoms. The minimum absolute atomic E-state index is 0.0216. The average molecular weight is 464 g/mol. The largest absolute Gasteiger partial charge is 0.508 e. The van der Waals surface area contributed by atoms with Crippen LogP contribution in [0.2, 0.25) is 0 Å². The molecule has 2 aromatic heterocycles. The molecule has 4 aromatic rings. The minimum Gasteiger partial charge on any atom is -0.508 e. The van der Waals surface area contributed by atoms with E-state index in [1.54, 1.807) is 6.07 Å². The van der Waals surface area contributed by atoms with Crippen molar-refractivity contribution in [2.45, 2.75) is 31.9 Å². The Kier molecular flexibility index (Phi) is 4.77. The number of ether oxygens (including phenoxy) is 2. The van der Waals surface area contributed by atoms with E-state index >= 15 is 4.39 Å². The van der Waals surface area contributed by atoms with Gasteiger partial charge in [-0.2, -0.15) is 9.97 Å². The Morgan fingerprint density at radius 3 is 2.79 bits per heavy atom. The molecule has 2 atom stereocenters. The molecule has 0 unspecified atom stereocenters. The highest BCUT2D eigenvalue weighted by Gasteiger charge is 2.40. The van der Waals surface area contributed by atoms with Crippen LogP contribution in [-0.4, -0.2) is 52.5 Å².